The highest BCUT2D eigenvalue weighted by Crippen LogP contribution is 2.22. The number of ketones is 1. The molecule has 0 atom stereocenters. The molecule has 4 heteroatoms. The summed E-state index contributed by atoms with van der Waals surface area (Å²) in [4.78, 5) is 11.5. The third kappa shape index (κ3) is 4.99. The molecule has 0 radical (unpaired) electrons. The lowest BCUT2D eigenvalue weighted by molar-refractivity contribution is -0.117. The summed E-state index contributed by atoms with van der Waals surface area (Å²) < 4.78 is 2.12. The van der Waals surface area contributed by atoms with Crippen LogP contribution in [0.15, 0.2) is 35.4 Å². The van der Waals surface area contributed by atoms with Crippen molar-refractivity contribution in [3.8, 4) is 0 Å². The largest absolute Gasteiger partial charge is 0.299 e. The molecular weight excluding hydrogens is 252 g/mol. The lowest BCUT2D eigenvalue weighted by Crippen LogP contribution is -2.43. The summed E-state index contributed by atoms with van der Waals surface area (Å²) in [5.41, 5.74) is 1.99. The Morgan fingerprint density at radius 3 is 2.26 bits per heavy atom. The van der Waals surface area contributed by atoms with Crippen LogP contribution >= 0.6 is 0 Å². The number of nitrogens with zero attached hydrogens (tertiary/aromatic N) is 2. The molecule has 0 aromatic heterocycles. The van der Waals surface area contributed by atoms with E-state index in [4.69, 9.17) is 5.10 Å². The number of hydrazone groups is 1. The first-order valence-electron chi connectivity index (χ1n) is 6.75. The molecule has 0 amide bonds. The van der Waals surface area contributed by atoms with Crippen LogP contribution in [0.3, 0.4) is 0 Å². The summed E-state index contributed by atoms with van der Waals surface area (Å²) in [6.45, 7) is 10.6. The molecule has 0 saturated heterocycles. The summed E-state index contributed by atoms with van der Waals surface area (Å²) in [5.74, 6) is 0.241. The van der Waals surface area contributed by atoms with Crippen LogP contribution < -0.4 is 4.67 Å². The minimum Gasteiger partial charge on any atom is -0.299 e. The molecule has 3 nitrogen and oxygen atoms in total. The highest BCUT2D eigenvalue weighted by atomic mass is 28.3. The number of rotatable bonds is 6. The standard InChI is InChI=1S/C15H24N2OSi/c1-6-15(18)12-13(2)16-17(19(3,4)5)14-10-8-7-9-11-14/h7-11H,6,12H2,1-5H3/b16-13+. The van der Waals surface area contributed by atoms with Crippen molar-refractivity contribution in [2.75, 3.05) is 4.67 Å². The summed E-state index contributed by atoms with van der Waals surface area (Å²) in [5, 5.41) is 4.70. The van der Waals surface area contributed by atoms with E-state index in [-0.39, 0.29) is 5.78 Å². The predicted octanol–water partition coefficient (Wildman–Crippen LogP) is 4.07. The molecule has 0 aliphatic rings. The van der Waals surface area contributed by atoms with E-state index in [1.807, 2.05) is 32.0 Å². The Balaban J connectivity index is 3.00. The van der Waals surface area contributed by atoms with E-state index in [0.29, 0.717) is 12.8 Å². The highest BCUT2D eigenvalue weighted by molar-refractivity contribution is 6.79. The molecule has 0 saturated carbocycles. The molecule has 0 bridgehead atoms. The molecule has 0 unspecified atom stereocenters. The van der Waals surface area contributed by atoms with E-state index < -0.39 is 8.24 Å². The third-order valence-electron chi connectivity index (χ3n) is 2.75. The van der Waals surface area contributed by atoms with Crippen LogP contribution in [0.5, 0.6) is 0 Å². The van der Waals surface area contributed by atoms with Gasteiger partial charge in [0.05, 0.1) is 0 Å². The molecule has 19 heavy (non-hydrogen) atoms. The van der Waals surface area contributed by atoms with Gasteiger partial charge in [0.1, 0.15) is 5.78 Å². The lowest BCUT2D eigenvalue weighted by Gasteiger charge is -2.32. The summed E-state index contributed by atoms with van der Waals surface area (Å²) >= 11 is 0. The van der Waals surface area contributed by atoms with Gasteiger partial charge in [-0.2, -0.15) is 5.10 Å². The van der Waals surface area contributed by atoms with Gasteiger partial charge in [0.2, 0.25) is 0 Å². The predicted molar refractivity (Wildman–Crippen MR) is 85.3 cm³/mol. The van der Waals surface area contributed by atoms with Gasteiger partial charge in [0, 0.05) is 24.2 Å². The van der Waals surface area contributed by atoms with Gasteiger partial charge in [-0.3, -0.25) is 9.47 Å². The van der Waals surface area contributed by atoms with Gasteiger partial charge >= 0.3 is 0 Å². The molecule has 0 spiro atoms. The zero-order valence-corrected chi connectivity index (χ0v) is 13.6. The van der Waals surface area contributed by atoms with E-state index in [9.17, 15) is 4.79 Å². The van der Waals surface area contributed by atoms with E-state index in [2.05, 4.69) is 36.4 Å². The lowest BCUT2D eigenvalue weighted by atomic mass is 10.2. The Hall–Kier alpha value is -1.42. The van der Waals surface area contributed by atoms with Crippen molar-refractivity contribution in [3.63, 3.8) is 0 Å². The average molecular weight is 276 g/mol. The van der Waals surface area contributed by atoms with Gasteiger partial charge in [-0.05, 0) is 38.7 Å². The number of hydrogen-bond donors (Lipinski definition) is 0. The van der Waals surface area contributed by atoms with E-state index >= 15 is 0 Å². The van der Waals surface area contributed by atoms with Gasteiger partial charge < -0.3 is 0 Å². The van der Waals surface area contributed by atoms with Crippen LogP contribution in [-0.2, 0) is 4.79 Å². The number of anilines is 1. The average Bonchev–Trinajstić information content (AvgIpc) is 2.35. The van der Waals surface area contributed by atoms with Crippen molar-refractivity contribution in [1.82, 2.24) is 0 Å². The third-order valence-corrected chi connectivity index (χ3v) is 4.38. The molecule has 1 aromatic carbocycles. The number of carbonyl (C=O) groups excluding carboxylic acids is 1. The summed E-state index contributed by atoms with van der Waals surface area (Å²) in [7, 11) is -1.62. The number of benzene rings is 1. The zero-order chi connectivity index (χ0) is 14.5. The molecular formula is C15H24N2OSi. The molecule has 0 aliphatic heterocycles. The van der Waals surface area contributed by atoms with Crippen LogP contribution in [0.25, 0.3) is 0 Å². The van der Waals surface area contributed by atoms with Crippen LogP contribution in [0, 0.1) is 0 Å². The number of Topliss-reactive ketones (excluding diaryl/α,β-unsaturated/α-hetero) is 1. The fourth-order valence-corrected chi connectivity index (χ4v) is 3.18. The van der Waals surface area contributed by atoms with Gasteiger partial charge in [0.15, 0.2) is 8.24 Å². The Morgan fingerprint density at radius 1 is 1.21 bits per heavy atom. The second kappa shape index (κ2) is 6.66. The van der Waals surface area contributed by atoms with Gasteiger partial charge in [-0.25, -0.2) is 0 Å². The summed E-state index contributed by atoms with van der Waals surface area (Å²) in [6.07, 6.45) is 1.02. The molecule has 1 rings (SSSR count). The number of hydrogen-bond acceptors (Lipinski definition) is 3. The molecule has 0 fully saturated rings. The number of carbonyl (C=O) groups is 1. The molecule has 1 aromatic rings. The van der Waals surface area contributed by atoms with Gasteiger partial charge in [-0.1, -0.05) is 25.1 Å². The minimum atomic E-state index is -1.62. The first-order valence-corrected chi connectivity index (χ1v) is 10.2. The first kappa shape index (κ1) is 15.6. The fourth-order valence-electron chi connectivity index (χ4n) is 1.78. The Bertz CT molecular complexity index is 449. The van der Waals surface area contributed by atoms with Crippen molar-refractivity contribution in [2.24, 2.45) is 5.10 Å². The monoisotopic (exact) mass is 276 g/mol. The second-order valence-corrected chi connectivity index (χ2v) is 10.5. The van der Waals surface area contributed by atoms with Crippen molar-refractivity contribution in [2.45, 2.75) is 46.3 Å². The van der Waals surface area contributed by atoms with Crippen molar-refractivity contribution < 1.29 is 4.79 Å². The van der Waals surface area contributed by atoms with Crippen molar-refractivity contribution in [3.05, 3.63) is 30.3 Å². The molecule has 0 heterocycles. The van der Waals surface area contributed by atoms with Crippen LogP contribution in [0.4, 0.5) is 5.69 Å². The second-order valence-electron chi connectivity index (χ2n) is 5.72. The zero-order valence-electron chi connectivity index (χ0n) is 12.6. The Labute approximate surface area is 117 Å². The van der Waals surface area contributed by atoms with Crippen LogP contribution in [0.1, 0.15) is 26.7 Å². The van der Waals surface area contributed by atoms with E-state index in [1.165, 1.54) is 0 Å². The SMILES string of the molecule is CCC(=O)C/C(C)=N/N(c1ccccc1)[Si](C)(C)C. The van der Waals surface area contributed by atoms with E-state index in [0.717, 1.165) is 11.4 Å². The minimum absolute atomic E-state index is 0.241. The summed E-state index contributed by atoms with van der Waals surface area (Å²) in [6, 6.07) is 10.2. The van der Waals surface area contributed by atoms with E-state index in [1.54, 1.807) is 0 Å². The fraction of sp³-hybridized carbons (Fsp3) is 0.467. The van der Waals surface area contributed by atoms with Crippen molar-refractivity contribution >= 4 is 25.4 Å². The maximum atomic E-state index is 11.5. The van der Waals surface area contributed by atoms with Crippen LogP contribution in [0.2, 0.25) is 19.6 Å². The van der Waals surface area contributed by atoms with Crippen molar-refractivity contribution in [1.29, 1.82) is 0 Å². The van der Waals surface area contributed by atoms with Gasteiger partial charge in [0.25, 0.3) is 0 Å². The maximum absolute atomic E-state index is 11.5. The van der Waals surface area contributed by atoms with Gasteiger partial charge in [-0.15, -0.1) is 0 Å². The maximum Gasteiger partial charge on any atom is 0.176 e. The quantitative estimate of drug-likeness (QED) is 0.445. The topological polar surface area (TPSA) is 32.7 Å². The van der Waals surface area contributed by atoms with Crippen LogP contribution in [-0.4, -0.2) is 19.7 Å². The number of para-hydroxylation sites is 1. The molecule has 0 aliphatic carbocycles. The molecule has 0 N–H and O–H groups in total. The molecule has 104 valence electrons. The first-order chi connectivity index (χ1) is 8.84. The Morgan fingerprint density at radius 2 is 1.79 bits per heavy atom. The Kier molecular flexibility index (Phi) is 5.48. The smallest absolute Gasteiger partial charge is 0.176 e. The normalized spacial score (nSPS) is 12.4. The highest BCUT2D eigenvalue weighted by Gasteiger charge is 2.24.